The summed E-state index contributed by atoms with van der Waals surface area (Å²) in [5.74, 6) is -3.04. The molecule has 2 N–H and O–H groups in total. The normalized spacial score (nSPS) is 26.0. The fourth-order valence-electron chi connectivity index (χ4n) is 16.3. The van der Waals surface area contributed by atoms with Crippen molar-refractivity contribution in [1.29, 1.82) is 0 Å². The zero-order chi connectivity index (χ0) is 75.5. The van der Waals surface area contributed by atoms with E-state index in [9.17, 15) is 80.2 Å². The molecular weight excluding hydrogens is 1410 g/mol. The lowest BCUT2D eigenvalue weighted by Crippen LogP contribution is -2.50. The number of halogens is 15. The van der Waals surface area contributed by atoms with Crippen LogP contribution in [0.1, 0.15) is 150 Å². The number of benzene rings is 6. The Morgan fingerprint density at radius 2 is 0.792 bits per heavy atom. The lowest BCUT2D eigenvalue weighted by atomic mass is 9.86. The van der Waals surface area contributed by atoms with Crippen LogP contribution < -0.4 is 10.6 Å². The van der Waals surface area contributed by atoms with Crippen molar-refractivity contribution in [3.63, 3.8) is 0 Å². The quantitative estimate of drug-likeness (QED) is 0.0807. The summed E-state index contributed by atoms with van der Waals surface area (Å²) in [4.78, 5) is 41.3. The first-order valence-corrected chi connectivity index (χ1v) is 36.0. The molecule has 6 saturated heterocycles. The molecule has 3 aliphatic carbocycles. The van der Waals surface area contributed by atoms with Crippen LogP contribution in [0.25, 0.3) is 0 Å². The summed E-state index contributed by atoms with van der Waals surface area (Å²) in [6.07, 6.45) is -13.4. The average Bonchev–Trinajstić information content (AvgIpc) is 1.60. The van der Waals surface area contributed by atoms with Gasteiger partial charge in [0.1, 0.15) is 6.29 Å². The van der Waals surface area contributed by atoms with E-state index in [1.165, 1.54) is 36.2 Å². The molecule has 9 atom stereocenters. The summed E-state index contributed by atoms with van der Waals surface area (Å²) >= 11 is 0. The Hall–Kier alpha value is -7.40. The summed E-state index contributed by atoms with van der Waals surface area (Å²) in [6.45, 7) is 6.87. The summed E-state index contributed by atoms with van der Waals surface area (Å²) in [5.41, 5.74) is 2.24. The summed E-state index contributed by atoms with van der Waals surface area (Å²) in [7, 11) is 0. The lowest BCUT2D eigenvalue weighted by molar-refractivity contribution is -0.188. The maximum absolute atomic E-state index is 13.6. The van der Waals surface area contributed by atoms with Gasteiger partial charge in [0.2, 0.25) is 0 Å². The summed E-state index contributed by atoms with van der Waals surface area (Å²) in [6, 6.07) is 43.0. The molecule has 2 amide bonds. The van der Waals surface area contributed by atoms with E-state index in [0.717, 1.165) is 133 Å². The van der Waals surface area contributed by atoms with E-state index < -0.39 is 89.2 Å². The summed E-state index contributed by atoms with van der Waals surface area (Å²) in [5, 5.41) is 7.06. The third-order valence-corrected chi connectivity index (χ3v) is 22.3. The van der Waals surface area contributed by atoms with Gasteiger partial charge < -0.3 is 34.6 Å². The third kappa shape index (κ3) is 19.7. The molecule has 0 aromatic heterocycles. The molecule has 12 nitrogen and oxygen atoms in total. The second-order valence-electron chi connectivity index (χ2n) is 29.6. The second-order valence-corrected chi connectivity index (χ2v) is 29.6. The zero-order valence-corrected chi connectivity index (χ0v) is 58.0. The molecule has 106 heavy (non-hydrogen) atoms. The van der Waals surface area contributed by atoms with Crippen molar-refractivity contribution in [3.05, 3.63) is 214 Å². The fraction of sp³-hybridized carbons (Fsp3) is 0.506. The topological polar surface area (TPSA) is 116 Å². The van der Waals surface area contributed by atoms with Crippen LogP contribution >= 0.6 is 0 Å². The number of likely N-dealkylation sites (tertiary alicyclic amines) is 2. The van der Waals surface area contributed by atoms with Gasteiger partial charge in [0, 0.05) is 86.8 Å². The number of nitrogens with zero attached hydrogens (tertiary/aromatic N) is 4. The van der Waals surface area contributed by atoms with Gasteiger partial charge in [-0.3, -0.25) is 24.2 Å². The Morgan fingerprint density at radius 3 is 1.16 bits per heavy atom. The van der Waals surface area contributed by atoms with Crippen molar-refractivity contribution >= 4 is 18.1 Å². The number of carbonyl (C=O) groups excluding carboxylic acids is 3. The van der Waals surface area contributed by atoms with Gasteiger partial charge in [-0.1, -0.05) is 127 Å². The maximum Gasteiger partial charge on any atom is 0.471 e. The Morgan fingerprint density at radius 1 is 0.443 bits per heavy atom. The average molecular weight is 1500 g/mol. The highest BCUT2D eigenvalue weighted by atomic mass is 19.4. The number of aldehydes is 1. The highest BCUT2D eigenvalue weighted by Crippen LogP contribution is 2.52. The van der Waals surface area contributed by atoms with Crippen LogP contribution in [0, 0.1) is 0 Å². The van der Waals surface area contributed by atoms with Gasteiger partial charge in [0.25, 0.3) is 0 Å². The molecule has 9 aliphatic rings. The highest BCUT2D eigenvalue weighted by molar-refractivity contribution is 5.84. The predicted octanol–water partition coefficient (Wildman–Crippen LogP) is 16.1. The van der Waals surface area contributed by atoms with E-state index in [4.69, 9.17) is 14.2 Å². The van der Waals surface area contributed by atoms with Crippen LogP contribution in [0.4, 0.5) is 65.9 Å². The number of piperidine rings is 3. The Balaban J connectivity index is 0.000000140. The van der Waals surface area contributed by atoms with Crippen molar-refractivity contribution in [1.82, 2.24) is 30.2 Å². The smallest absolute Gasteiger partial charge is 0.373 e. The van der Waals surface area contributed by atoms with E-state index in [-0.39, 0.29) is 41.8 Å². The predicted molar refractivity (Wildman–Crippen MR) is 364 cm³/mol. The van der Waals surface area contributed by atoms with Crippen LogP contribution in [-0.4, -0.2) is 162 Å². The molecule has 9 fully saturated rings. The van der Waals surface area contributed by atoms with Gasteiger partial charge in [0.15, 0.2) is 0 Å². The minimum atomic E-state index is -4.95. The number of hydrogen-bond acceptors (Lipinski definition) is 10. The number of ether oxygens (including phenoxy) is 3. The fourth-order valence-corrected chi connectivity index (χ4v) is 16.3. The van der Waals surface area contributed by atoms with Crippen LogP contribution in [-0.2, 0) is 55.4 Å². The third-order valence-electron chi connectivity index (χ3n) is 22.3. The lowest BCUT2D eigenvalue weighted by Gasteiger charge is -2.39. The first kappa shape index (κ1) is 78.2. The van der Waals surface area contributed by atoms with E-state index in [0.29, 0.717) is 89.0 Å². The van der Waals surface area contributed by atoms with Crippen LogP contribution in [0.3, 0.4) is 0 Å². The number of alkyl halides is 15. The molecule has 6 aliphatic heterocycles. The molecule has 0 radical (unpaired) electrons. The SMILES string of the molecule is FC(F)(F)c1ccc(CN2CCC3(CC2)CC(N[C@@H]2C[C@H]2c2ccccc2)CO3)cc1.O=C(N(C1COC2(CCN(Cc3ccc(C(F)(F)F)cc3)CC2)C1)[C@@H]1C[C@H]1c1ccccc1)C(F)(F)F.O=C(N(C1COC2(CCNCC2)C1)[C@@H]1C[C@H]1c1ccccc1)C(F)(F)F.O=Cc1ccc(C(F)(F)F)cc1. The van der Waals surface area contributed by atoms with Gasteiger partial charge in [-0.2, -0.15) is 65.9 Å². The Labute approximate surface area is 605 Å². The Kier molecular flexibility index (Phi) is 23.6. The van der Waals surface area contributed by atoms with Crippen molar-refractivity contribution in [2.45, 2.75) is 192 Å². The zero-order valence-electron chi connectivity index (χ0n) is 58.0. The van der Waals surface area contributed by atoms with E-state index in [2.05, 4.69) is 50.8 Å². The van der Waals surface area contributed by atoms with E-state index in [1.54, 1.807) is 12.1 Å². The van der Waals surface area contributed by atoms with Gasteiger partial charge in [0.05, 0.1) is 65.4 Å². The number of amides is 2. The molecule has 0 bridgehead atoms. The first-order chi connectivity index (χ1) is 50.3. The molecular formula is C79H85F15N6O6. The van der Waals surface area contributed by atoms with Crippen molar-refractivity contribution in [3.8, 4) is 0 Å². The number of rotatable bonds is 14. The van der Waals surface area contributed by atoms with Crippen molar-refractivity contribution in [2.75, 3.05) is 59.1 Å². The second kappa shape index (κ2) is 32.0. The van der Waals surface area contributed by atoms with Crippen LogP contribution in [0.15, 0.2) is 164 Å². The number of hydrogen-bond donors (Lipinski definition) is 2. The molecule has 3 saturated carbocycles. The minimum absolute atomic E-state index is 0.0212. The molecule has 6 heterocycles. The summed E-state index contributed by atoms with van der Waals surface area (Å²) < 4.78 is 211. The number of nitrogens with one attached hydrogen (secondary N) is 2. The first-order valence-electron chi connectivity index (χ1n) is 36.0. The van der Waals surface area contributed by atoms with Crippen LogP contribution in [0.5, 0.6) is 0 Å². The maximum atomic E-state index is 13.6. The molecule has 27 heteroatoms. The van der Waals surface area contributed by atoms with Gasteiger partial charge in [-0.15, -0.1) is 0 Å². The van der Waals surface area contributed by atoms with Gasteiger partial charge in [-0.05, 0) is 154 Å². The minimum Gasteiger partial charge on any atom is -0.373 e. The molecule has 6 aromatic carbocycles. The van der Waals surface area contributed by atoms with Crippen molar-refractivity contribution < 1.29 is 94.5 Å². The van der Waals surface area contributed by atoms with E-state index >= 15 is 0 Å². The van der Waals surface area contributed by atoms with Gasteiger partial charge in [-0.25, -0.2) is 0 Å². The largest absolute Gasteiger partial charge is 0.471 e. The molecule has 15 rings (SSSR count). The van der Waals surface area contributed by atoms with Crippen LogP contribution in [0.2, 0.25) is 0 Å². The molecule has 3 unspecified atom stereocenters. The van der Waals surface area contributed by atoms with Gasteiger partial charge >= 0.3 is 42.7 Å². The Bertz CT molecular complexity index is 3870. The standard InChI is InChI=1S/C27H28F6N2O2.C25H29F3N2O.C19H23F3N2O2.C8H5F3O/c28-26(29,30)20-8-6-18(7-9-20)16-34-12-10-25(11-13-34)15-21(17-37-25)35(24(36)27(31,32)33)23-14-22(23)19-4-2-1-3-5-19;26-25(27,28)20-8-6-18(7-9-20)16-30-12-10-24(11-13-30)15-21(17-31-24)29-23-14-22(23)19-4-2-1-3-5-19;20-19(21,22)17(25)24(16-10-15(16)13-4-2-1-3-5-13)14-11-18(26-12-14)6-8-23-9-7-18;9-8(10,11)7-3-1-6(5-12)2-4-7/h1-9,21-23H,10-17H2;1-9,21-23,29H,10-17H2;1-5,14-16,23H,6-12H2;1-5H/t2*21?,22-,23+;14?,15-,16+;/m000./s1. The monoisotopic (exact) mass is 1500 g/mol. The van der Waals surface area contributed by atoms with Crippen molar-refractivity contribution in [2.24, 2.45) is 0 Å². The van der Waals surface area contributed by atoms with E-state index in [1.807, 2.05) is 60.7 Å². The molecule has 572 valence electrons. The highest BCUT2D eigenvalue weighted by Gasteiger charge is 2.59. The molecule has 6 aromatic rings. The number of carbonyl (C=O) groups is 3. The molecule has 3 spiro atoms.